The highest BCUT2D eigenvalue weighted by Gasteiger charge is 2.20. The molecule has 1 aliphatic rings. The molecule has 1 aliphatic heterocycles. The highest BCUT2D eigenvalue weighted by atomic mass is 32.3. The molecule has 0 aromatic carbocycles. The topological polar surface area (TPSA) is 6.48 Å². The van der Waals surface area contributed by atoms with Crippen LogP contribution in [0.3, 0.4) is 0 Å². The molecule has 0 radical (unpaired) electrons. The van der Waals surface area contributed by atoms with Gasteiger partial charge in [-0.3, -0.25) is 4.31 Å². The Morgan fingerprint density at radius 3 is 1.73 bits per heavy atom. The summed E-state index contributed by atoms with van der Waals surface area (Å²) in [5, 5.41) is 0. The van der Waals surface area contributed by atoms with Crippen molar-refractivity contribution in [2.45, 2.75) is 0 Å². The number of nitrogens with zero attached hydrogens (tertiary/aromatic N) is 2. The average molecular weight is 176 g/mol. The normalized spacial score (nSPS) is 25.5. The lowest BCUT2D eigenvalue weighted by atomic mass is 10.4. The summed E-state index contributed by atoms with van der Waals surface area (Å²) in [6.07, 6.45) is 7.12. The van der Waals surface area contributed by atoms with Crippen molar-refractivity contribution >= 4 is 10.2 Å². The van der Waals surface area contributed by atoms with Gasteiger partial charge in [-0.05, 0) is 25.8 Å². The van der Waals surface area contributed by atoms with Gasteiger partial charge in [0.05, 0.1) is 0 Å². The van der Waals surface area contributed by atoms with E-state index < -0.39 is 10.2 Å². The van der Waals surface area contributed by atoms with Crippen molar-refractivity contribution in [1.82, 2.24) is 9.21 Å². The van der Waals surface area contributed by atoms with Crippen molar-refractivity contribution < 1.29 is 0 Å². The van der Waals surface area contributed by atoms with Crippen LogP contribution < -0.4 is 0 Å². The van der Waals surface area contributed by atoms with E-state index in [4.69, 9.17) is 0 Å². The number of hydrogen-bond acceptors (Lipinski definition) is 2. The van der Waals surface area contributed by atoms with Crippen LogP contribution in [0.5, 0.6) is 0 Å². The Morgan fingerprint density at radius 1 is 0.909 bits per heavy atom. The number of hydrogen-bond donors (Lipinski definition) is 0. The van der Waals surface area contributed by atoms with Crippen molar-refractivity contribution in [1.29, 1.82) is 0 Å². The van der Waals surface area contributed by atoms with E-state index in [0.717, 1.165) is 0 Å². The quantitative estimate of drug-likeness (QED) is 0.584. The van der Waals surface area contributed by atoms with E-state index in [0.29, 0.717) is 0 Å². The van der Waals surface area contributed by atoms with E-state index in [2.05, 4.69) is 35.0 Å². The van der Waals surface area contributed by atoms with E-state index in [9.17, 15) is 0 Å². The standard InChI is InChI=1S/C8H20N2S/c1-9-5-7-10(8-6-9)11(2,3)4/h5-8H2,1-4H3. The van der Waals surface area contributed by atoms with Crippen molar-refractivity contribution in [3.8, 4) is 0 Å². The van der Waals surface area contributed by atoms with Crippen LogP contribution in [-0.2, 0) is 0 Å². The molecule has 2 nitrogen and oxygen atoms in total. The summed E-state index contributed by atoms with van der Waals surface area (Å²) in [5.74, 6) is 0. The number of rotatable bonds is 1. The SMILES string of the molecule is CN1CCN(S(C)(C)C)CC1. The van der Waals surface area contributed by atoms with Gasteiger partial charge in [0.1, 0.15) is 0 Å². The zero-order chi connectivity index (χ0) is 8.48. The molecule has 68 valence electrons. The van der Waals surface area contributed by atoms with Gasteiger partial charge in [-0.2, -0.15) is 10.2 Å². The summed E-state index contributed by atoms with van der Waals surface area (Å²) >= 11 is 0. The van der Waals surface area contributed by atoms with E-state index in [1.54, 1.807) is 0 Å². The summed E-state index contributed by atoms with van der Waals surface area (Å²) in [6, 6.07) is 0. The fourth-order valence-corrected chi connectivity index (χ4v) is 2.59. The van der Waals surface area contributed by atoms with Gasteiger partial charge in [0.25, 0.3) is 0 Å². The first-order valence-electron chi connectivity index (χ1n) is 4.12. The van der Waals surface area contributed by atoms with Crippen LogP contribution in [0, 0.1) is 0 Å². The van der Waals surface area contributed by atoms with Gasteiger partial charge in [-0.15, -0.1) is 0 Å². The van der Waals surface area contributed by atoms with E-state index in [-0.39, 0.29) is 0 Å². The lowest BCUT2D eigenvalue weighted by Crippen LogP contribution is -2.44. The van der Waals surface area contributed by atoms with Crippen LogP contribution in [0.25, 0.3) is 0 Å². The maximum Gasteiger partial charge on any atom is 0.0202 e. The molecule has 0 aromatic rings. The Labute approximate surface area is 72.0 Å². The predicted molar refractivity (Wildman–Crippen MR) is 54.4 cm³/mol. The molecule has 1 fully saturated rings. The van der Waals surface area contributed by atoms with Gasteiger partial charge >= 0.3 is 0 Å². The lowest BCUT2D eigenvalue weighted by molar-refractivity contribution is 0.230. The second-order valence-corrected chi connectivity index (χ2v) is 8.07. The van der Waals surface area contributed by atoms with Gasteiger partial charge in [0.15, 0.2) is 0 Å². The maximum atomic E-state index is 2.63. The molecule has 0 aromatic heterocycles. The highest BCUT2D eigenvalue weighted by Crippen LogP contribution is 2.39. The minimum Gasteiger partial charge on any atom is -0.304 e. The fourth-order valence-electron chi connectivity index (χ4n) is 1.34. The van der Waals surface area contributed by atoms with Crippen LogP contribution in [0.2, 0.25) is 0 Å². The van der Waals surface area contributed by atoms with E-state index >= 15 is 0 Å². The van der Waals surface area contributed by atoms with Crippen molar-refractivity contribution in [3.05, 3.63) is 0 Å². The molecule has 0 amide bonds. The molecular weight excluding hydrogens is 156 g/mol. The van der Waals surface area contributed by atoms with Crippen molar-refractivity contribution in [2.75, 3.05) is 52.0 Å². The van der Waals surface area contributed by atoms with Gasteiger partial charge < -0.3 is 4.90 Å². The van der Waals surface area contributed by atoms with Crippen LogP contribution >= 0.6 is 10.2 Å². The molecule has 1 heterocycles. The average Bonchev–Trinajstić information content (AvgIpc) is 1.86. The predicted octanol–water partition coefficient (Wildman–Crippen LogP) is 0.843. The molecule has 0 spiro atoms. The van der Waals surface area contributed by atoms with E-state index in [1.807, 2.05) is 0 Å². The first kappa shape index (κ1) is 9.36. The Hall–Kier alpha value is 0.270. The zero-order valence-corrected chi connectivity index (χ0v) is 8.95. The minimum atomic E-state index is -0.443. The Bertz CT molecular complexity index is 123. The van der Waals surface area contributed by atoms with E-state index in [1.165, 1.54) is 26.2 Å². The smallest absolute Gasteiger partial charge is 0.0202 e. The van der Waals surface area contributed by atoms with Crippen LogP contribution in [0.15, 0.2) is 0 Å². The van der Waals surface area contributed by atoms with Gasteiger partial charge in [0, 0.05) is 26.2 Å². The summed E-state index contributed by atoms with van der Waals surface area (Å²) in [6.45, 7) is 5.00. The number of likely N-dealkylation sites (N-methyl/N-ethyl adjacent to an activating group) is 1. The minimum absolute atomic E-state index is 0.443. The fraction of sp³-hybridized carbons (Fsp3) is 1.00. The van der Waals surface area contributed by atoms with Crippen LogP contribution in [0.1, 0.15) is 0 Å². The summed E-state index contributed by atoms with van der Waals surface area (Å²) in [4.78, 5) is 2.40. The van der Waals surface area contributed by atoms with Crippen LogP contribution in [0.4, 0.5) is 0 Å². The molecule has 3 heteroatoms. The summed E-state index contributed by atoms with van der Waals surface area (Å²) < 4.78 is 2.63. The molecule has 0 aliphatic carbocycles. The third-order valence-electron chi connectivity index (χ3n) is 2.24. The first-order valence-corrected chi connectivity index (χ1v) is 6.93. The Kier molecular flexibility index (Phi) is 2.84. The van der Waals surface area contributed by atoms with Gasteiger partial charge in [0.2, 0.25) is 0 Å². The first-order chi connectivity index (χ1) is 5.00. The van der Waals surface area contributed by atoms with Gasteiger partial charge in [-0.25, -0.2) is 0 Å². The molecule has 0 unspecified atom stereocenters. The summed E-state index contributed by atoms with van der Waals surface area (Å²) in [7, 11) is 1.76. The van der Waals surface area contributed by atoms with Crippen molar-refractivity contribution in [2.24, 2.45) is 0 Å². The molecule has 0 saturated carbocycles. The molecule has 0 N–H and O–H groups in total. The Balaban J connectivity index is 2.39. The van der Waals surface area contributed by atoms with Gasteiger partial charge in [-0.1, -0.05) is 0 Å². The third kappa shape index (κ3) is 2.65. The monoisotopic (exact) mass is 176 g/mol. The summed E-state index contributed by atoms with van der Waals surface area (Å²) in [5.41, 5.74) is 0. The molecule has 1 saturated heterocycles. The third-order valence-corrected chi connectivity index (χ3v) is 4.15. The Morgan fingerprint density at radius 2 is 1.36 bits per heavy atom. The van der Waals surface area contributed by atoms with Crippen LogP contribution in [-0.4, -0.2) is 61.2 Å². The maximum absolute atomic E-state index is 2.63. The molecule has 0 atom stereocenters. The largest absolute Gasteiger partial charge is 0.304 e. The molecule has 0 bridgehead atoms. The lowest BCUT2D eigenvalue weighted by Gasteiger charge is -2.44. The second-order valence-electron chi connectivity index (χ2n) is 4.00. The zero-order valence-electron chi connectivity index (χ0n) is 8.13. The second kappa shape index (κ2) is 3.33. The molecule has 11 heavy (non-hydrogen) atoms. The number of piperazine rings is 1. The highest BCUT2D eigenvalue weighted by molar-refractivity contribution is 8.30. The molecule has 1 rings (SSSR count). The van der Waals surface area contributed by atoms with Crippen molar-refractivity contribution in [3.63, 3.8) is 0 Å². The molecular formula is C8H20N2S.